The van der Waals surface area contributed by atoms with Crippen molar-refractivity contribution in [3.8, 4) is 6.07 Å². The molecule has 0 saturated heterocycles. The maximum Gasteiger partial charge on any atom is 0.106 e. The third-order valence-electron chi connectivity index (χ3n) is 2.88. The number of aromatic nitrogens is 2. The van der Waals surface area contributed by atoms with E-state index >= 15 is 0 Å². The van der Waals surface area contributed by atoms with Gasteiger partial charge in [0.2, 0.25) is 0 Å². The van der Waals surface area contributed by atoms with Gasteiger partial charge in [0.25, 0.3) is 0 Å². The summed E-state index contributed by atoms with van der Waals surface area (Å²) in [6.45, 7) is 2.96. The molecule has 0 aliphatic heterocycles. The van der Waals surface area contributed by atoms with Crippen molar-refractivity contribution in [2.45, 2.75) is 38.3 Å². The zero-order valence-electron chi connectivity index (χ0n) is 9.40. The number of imidazole rings is 1. The minimum atomic E-state index is -0.361. The molecule has 1 N–H and O–H groups in total. The van der Waals surface area contributed by atoms with Crippen LogP contribution in [0.1, 0.15) is 26.2 Å². The van der Waals surface area contributed by atoms with Gasteiger partial charge in [-0.3, -0.25) is 0 Å². The molecule has 1 unspecified atom stereocenters. The maximum absolute atomic E-state index is 9.10. The minimum Gasteiger partial charge on any atom is -0.337 e. The van der Waals surface area contributed by atoms with E-state index in [1.165, 1.54) is 0 Å². The largest absolute Gasteiger partial charge is 0.337 e. The van der Waals surface area contributed by atoms with E-state index < -0.39 is 0 Å². The Kier molecular flexibility index (Phi) is 4.32. The van der Waals surface area contributed by atoms with Gasteiger partial charge in [0.15, 0.2) is 0 Å². The molecule has 1 heterocycles. The standard InChI is InChI=1S/C11H18N4/c1-3-11(9-12,13-2)5-4-7-15-8-6-14-10-15/h6,8,10,13H,3-5,7H2,1-2H3. The summed E-state index contributed by atoms with van der Waals surface area (Å²) in [5.74, 6) is 0. The van der Waals surface area contributed by atoms with Gasteiger partial charge in [-0.1, -0.05) is 6.92 Å². The first-order valence-electron chi connectivity index (χ1n) is 5.32. The molecule has 4 heteroatoms. The van der Waals surface area contributed by atoms with Crippen LogP contribution < -0.4 is 5.32 Å². The second kappa shape index (κ2) is 5.52. The molecule has 0 aliphatic rings. The van der Waals surface area contributed by atoms with Crippen LogP contribution in [0.4, 0.5) is 0 Å². The van der Waals surface area contributed by atoms with Crippen LogP contribution in [-0.4, -0.2) is 22.1 Å². The van der Waals surface area contributed by atoms with Gasteiger partial charge in [0.1, 0.15) is 5.54 Å². The molecule has 0 aliphatic carbocycles. The van der Waals surface area contributed by atoms with E-state index in [-0.39, 0.29) is 5.54 Å². The Bertz CT molecular complexity index is 306. The van der Waals surface area contributed by atoms with Gasteiger partial charge < -0.3 is 9.88 Å². The summed E-state index contributed by atoms with van der Waals surface area (Å²) in [7, 11) is 1.85. The molecular weight excluding hydrogens is 188 g/mol. The zero-order chi connectivity index (χ0) is 11.1. The lowest BCUT2D eigenvalue weighted by Gasteiger charge is -2.24. The Hall–Kier alpha value is -1.34. The Morgan fingerprint density at radius 3 is 2.87 bits per heavy atom. The van der Waals surface area contributed by atoms with Gasteiger partial charge in [-0.2, -0.15) is 5.26 Å². The molecule has 4 nitrogen and oxygen atoms in total. The first-order chi connectivity index (χ1) is 7.26. The predicted octanol–water partition coefficient (Wildman–Crippen LogP) is 1.56. The summed E-state index contributed by atoms with van der Waals surface area (Å²) in [6.07, 6.45) is 8.21. The summed E-state index contributed by atoms with van der Waals surface area (Å²) in [6, 6.07) is 2.36. The number of rotatable bonds is 6. The number of hydrogen-bond acceptors (Lipinski definition) is 3. The SMILES string of the molecule is CCC(C#N)(CCCn1ccnc1)NC. The number of nitriles is 1. The van der Waals surface area contributed by atoms with E-state index in [9.17, 15) is 0 Å². The van der Waals surface area contributed by atoms with Crippen molar-refractivity contribution < 1.29 is 0 Å². The van der Waals surface area contributed by atoms with Crippen LogP contribution in [0.3, 0.4) is 0 Å². The van der Waals surface area contributed by atoms with Crippen molar-refractivity contribution in [3.05, 3.63) is 18.7 Å². The molecule has 0 radical (unpaired) electrons. The number of nitrogens with one attached hydrogen (secondary N) is 1. The molecule has 0 spiro atoms. The summed E-state index contributed by atoms with van der Waals surface area (Å²) in [4.78, 5) is 3.98. The van der Waals surface area contributed by atoms with Crippen LogP contribution in [0.15, 0.2) is 18.7 Å². The van der Waals surface area contributed by atoms with Gasteiger partial charge >= 0.3 is 0 Å². The Morgan fingerprint density at radius 1 is 1.60 bits per heavy atom. The number of nitrogens with zero attached hydrogens (tertiary/aromatic N) is 3. The summed E-state index contributed by atoms with van der Waals surface area (Å²) >= 11 is 0. The molecule has 0 saturated carbocycles. The predicted molar refractivity (Wildman–Crippen MR) is 59.2 cm³/mol. The lowest BCUT2D eigenvalue weighted by atomic mass is 9.92. The van der Waals surface area contributed by atoms with Crippen molar-refractivity contribution in [2.75, 3.05) is 7.05 Å². The van der Waals surface area contributed by atoms with Crippen molar-refractivity contribution >= 4 is 0 Å². The summed E-state index contributed by atoms with van der Waals surface area (Å²) < 4.78 is 2.04. The van der Waals surface area contributed by atoms with Crippen LogP contribution >= 0.6 is 0 Å². The first kappa shape index (κ1) is 11.7. The smallest absolute Gasteiger partial charge is 0.106 e. The Morgan fingerprint density at radius 2 is 2.40 bits per heavy atom. The molecule has 1 atom stereocenters. The topological polar surface area (TPSA) is 53.6 Å². The highest BCUT2D eigenvalue weighted by Crippen LogP contribution is 2.16. The summed E-state index contributed by atoms with van der Waals surface area (Å²) in [5, 5.41) is 12.2. The second-order valence-corrected chi connectivity index (χ2v) is 3.70. The zero-order valence-corrected chi connectivity index (χ0v) is 9.40. The number of hydrogen-bond donors (Lipinski definition) is 1. The van der Waals surface area contributed by atoms with Crippen molar-refractivity contribution in [1.29, 1.82) is 5.26 Å². The Labute approximate surface area is 90.9 Å². The van der Waals surface area contributed by atoms with E-state index in [0.717, 1.165) is 25.8 Å². The van der Waals surface area contributed by atoms with Gasteiger partial charge in [-0.15, -0.1) is 0 Å². The average Bonchev–Trinajstić information content (AvgIpc) is 2.78. The molecule has 15 heavy (non-hydrogen) atoms. The molecular formula is C11H18N4. The molecule has 0 bridgehead atoms. The molecule has 0 aromatic carbocycles. The highest BCUT2D eigenvalue weighted by atomic mass is 15.0. The minimum absolute atomic E-state index is 0.361. The third kappa shape index (κ3) is 3.07. The van der Waals surface area contributed by atoms with Gasteiger partial charge in [0.05, 0.1) is 12.4 Å². The average molecular weight is 206 g/mol. The molecule has 1 rings (SSSR count). The van der Waals surface area contributed by atoms with Crippen LogP contribution in [0.25, 0.3) is 0 Å². The van der Waals surface area contributed by atoms with E-state index in [1.807, 2.05) is 24.7 Å². The normalized spacial score (nSPS) is 14.5. The molecule has 1 aromatic heterocycles. The van der Waals surface area contributed by atoms with Crippen molar-refractivity contribution in [3.63, 3.8) is 0 Å². The first-order valence-corrected chi connectivity index (χ1v) is 5.32. The highest BCUT2D eigenvalue weighted by molar-refractivity contribution is 5.05. The van der Waals surface area contributed by atoms with Crippen LogP contribution in [0, 0.1) is 11.3 Å². The fourth-order valence-corrected chi connectivity index (χ4v) is 1.65. The monoisotopic (exact) mass is 206 g/mol. The lowest BCUT2D eigenvalue weighted by molar-refractivity contribution is 0.380. The molecule has 0 fully saturated rings. The van der Waals surface area contributed by atoms with Crippen LogP contribution in [0.2, 0.25) is 0 Å². The van der Waals surface area contributed by atoms with Crippen molar-refractivity contribution in [2.24, 2.45) is 0 Å². The van der Waals surface area contributed by atoms with Crippen molar-refractivity contribution in [1.82, 2.24) is 14.9 Å². The number of aryl methyl sites for hydroxylation is 1. The van der Waals surface area contributed by atoms with Gasteiger partial charge in [-0.05, 0) is 26.3 Å². The fourth-order valence-electron chi connectivity index (χ4n) is 1.65. The lowest BCUT2D eigenvalue weighted by Crippen LogP contribution is -2.40. The van der Waals surface area contributed by atoms with E-state index in [4.69, 9.17) is 5.26 Å². The quantitative estimate of drug-likeness (QED) is 0.768. The Balaban J connectivity index is 2.39. The van der Waals surface area contributed by atoms with Gasteiger partial charge in [0, 0.05) is 18.9 Å². The maximum atomic E-state index is 9.10. The highest BCUT2D eigenvalue weighted by Gasteiger charge is 2.24. The van der Waals surface area contributed by atoms with Gasteiger partial charge in [-0.25, -0.2) is 4.98 Å². The molecule has 1 aromatic rings. The summed E-state index contributed by atoms with van der Waals surface area (Å²) in [5.41, 5.74) is -0.361. The van der Waals surface area contributed by atoms with Crippen LogP contribution in [-0.2, 0) is 6.54 Å². The van der Waals surface area contributed by atoms with E-state index in [1.54, 1.807) is 12.5 Å². The fraction of sp³-hybridized carbons (Fsp3) is 0.636. The van der Waals surface area contributed by atoms with Crippen LogP contribution in [0.5, 0.6) is 0 Å². The third-order valence-corrected chi connectivity index (χ3v) is 2.88. The second-order valence-electron chi connectivity index (χ2n) is 3.70. The molecule has 0 amide bonds. The molecule has 82 valence electrons. The van der Waals surface area contributed by atoms with E-state index in [0.29, 0.717) is 0 Å². The van der Waals surface area contributed by atoms with E-state index in [2.05, 4.69) is 16.4 Å².